The van der Waals surface area contributed by atoms with Gasteiger partial charge in [0.2, 0.25) is 0 Å². The molecule has 0 bridgehead atoms. The molecule has 0 aliphatic carbocycles. The lowest BCUT2D eigenvalue weighted by Crippen LogP contribution is -2.21. The molecule has 1 unspecified atom stereocenters. The van der Waals surface area contributed by atoms with E-state index in [2.05, 4.69) is 26.8 Å². The molecule has 0 radical (unpaired) electrons. The molecule has 0 spiro atoms. The lowest BCUT2D eigenvalue weighted by Gasteiger charge is -2.12. The lowest BCUT2D eigenvalue weighted by atomic mass is 10.1. The van der Waals surface area contributed by atoms with Gasteiger partial charge in [-0.15, -0.1) is 0 Å². The molecule has 6 heteroatoms. The van der Waals surface area contributed by atoms with E-state index in [9.17, 15) is 0 Å². The van der Waals surface area contributed by atoms with Gasteiger partial charge in [-0.3, -0.25) is 9.25 Å². The fourth-order valence-corrected chi connectivity index (χ4v) is 3.36. The van der Waals surface area contributed by atoms with Gasteiger partial charge in [0.15, 0.2) is 10.4 Å². The average molecular weight is 300 g/mol. The van der Waals surface area contributed by atoms with Gasteiger partial charge < -0.3 is 9.72 Å². The van der Waals surface area contributed by atoms with E-state index >= 15 is 0 Å². The first-order valence-electron chi connectivity index (χ1n) is 7.00. The summed E-state index contributed by atoms with van der Waals surface area (Å²) in [5.74, 6) is 0.988. The molecule has 1 aliphatic rings. The number of fused-ring (bicyclic) bond motifs is 2. The quantitative estimate of drug-likeness (QED) is 0.740. The van der Waals surface area contributed by atoms with Gasteiger partial charge in [0.05, 0.1) is 12.2 Å². The molecule has 0 saturated heterocycles. The highest BCUT2D eigenvalue weighted by atomic mass is 32.1. The van der Waals surface area contributed by atoms with Gasteiger partial charge in [-0.1, -0.05) is 18.2 Å². The van der Waals surface area contributed by atoms with Crippen LogP contribution in [0.2, 0.25) is 0 Å². The lowest BCUT2D eigenvalue weighted by molar-refractivity contribution is 0.209. The highest BCUT2D eigenvalue weighted by molar-refractivity contribution is 7.71. The second-order valence-corrected chi connectivity index (χ2v) is 5.89. The summed E-state index contributed by atoms with van der Waals surface area (Å²) < 4.78 is 10.7. The van der Waals surface area contributed by atoms with E-state index < -0.39 is 0 Å². The first-order chi connectivity index (χ1) is 10.1. The van der Waals surface area contributed by atoms with Crippen LogP contribution >= 0.6 is 12.2 Å². The summed E-state index contributed by atoms with van der Waals surface area (Å²) >= 11 is 5.46. The molecular formula is C15H16N4OS. The van der Waals surface area contributed by atoms with E-state index in [0.29, 0.717) is 0 Å². The van der Waals surface area contributed by atoms with Crippen LogP contribution in [0.15, 0.2) is 24.3 Å². The molecule has 4 rings (SSSR count). The molecule has 3 heterocycles. The van der Waals surface area contributed by atoms with Crippen molar-refractivity contribution >= 4 is 23.4 Å². The topological polar surface area (TPSA) is 47.8 Å². The van der Waals surface area contributed by atoms with E-state index in [1.54, 1.807) is 0 Å². The standard InChI is InChI=1S/C15H16N4OS/c1-9-13-14(18(2)17-9)19(15(21)16-13)8-11-7-10-5-3-4-6-12(10)20-11/h3-6,11H,7-8H2,1-2H3,(H,16,21). The van der Waals surface area contributed by atoms with Crippen LogP contribution in [-0.2, 0) is 20.0 Å². The monoisotopic (exact) mass is 300 g/mol. The van der Waals surface area contributed by atoms with Gasteiger partial charge >= 0.3 is 0 Å². The van der Waals surface area contributed by atoms with Crippen LogP contribution in [-0.4, -0.2) is 25.4 Å². The van der Waals surface area contributed by atoms with Crippen molar-refractivity contribution in [1.82, 2.24) is 19.3 Å². The number of hydrogen-bond donors (Lipinski definition) is 1. The zero-order chi connectivity index (χ0) is 14.6. The summed E-state index contributed by atoms with van der Waals surface area (Å²) in [6, 6.07) is 8.20. The van der Waals surface area contributed by atoms with E-state index in [1.165, 1.54) is 5.56 Å². The van der Waals surface area contributed by atoms with E-state index in [-0.39, 0.29) is 6.10 Å². The maximum absolute atomic E-state index is 6.02. The van der Waals surface area contributed by atoms with Crippen LogP contribution in [0.4, 0.5) is 0 Å². The number of aromatic nitrogens is 4. The van der Waals surface area contributed by atoms with E-state index in [4.69, 9.17) is 17.0 Å². The number of hydrogen-bond acceptors (Lipinski definition) is 3. The Balaban J connectivity index is 1.70. The molecule has 1 aliphatic heterocycles. The Kier molecular flexibility index (Phi) is 2.68. The molecular weight excluding hydrogens is 284 g/mol. The maximum Gasteiger partial charge on any atom is 0.179 e. The van der Waals surface area contributed by atoms with Crippen LogP contribution in [0.3, 0.4) is 0 Å². The Morgan fingerprint density at radius 3 is 3.05 bits per heavy atom. The third kappa shape index (κ3) is 1.90. The zero-order valence-electron chi connectivity index (χ0n) is 12.0. The van der Waals surface area contributed by atoms with Gasteiger partial charge in [0.1, 0.15) is 17.4 Å². The smallest absolute Gasteiger partial charge is 0.179 e. The van der Waals surface area contributed by atoms with Crippen LogP contribution in [0.5, 0.6) is 5.75 Å². The highest BCUT2D eigenvalue weighted by Crippen LogP contribution is 2.29. The summed E-state index contributed by atoms with van der Waals surface area (Å²) in [6.07, 6.45) is 1.03. The minimum Gasteiger partial charge on any atom is -0.488 e. The number of aryl methyl sites for hydroxylation is 2. The first kappa shape index (κ1) is 12.6. The van der Waals surface area contributed by atoms with Gasteiger partial charge in [-0.2, -0.15) is 5.10 Å². The Hall–Kier alpha value is -2.08. The summed E-state index contributed by atoms with van der Waals surface area (Å²) in [6.45, 7) is 2.71. The van der Waals surface area contributed by atoms with Crippen molar-refractivity contribution in [2.45, 2.75) is 26.0 Å². The van der Waals surface area contributed by atoms with Gasteiger partial charge in [0, 0.05) is 13.5 Å². The van der Waals surface area contributed by atoms with Crippen molar-refractivity contribution in [2.75, 3.05) is 0 Å². The largest absolute Gasteiger partial charge is 0.488 e. The second-order valence-electron chi connectivity index (χ2n) is 5.50. The van der Waals surface area contributed by atoms with Gasteiger partial charge in [-0.05, 0) is 30.8 Å². The summed E-state index contributed by atoms with van der Waals surface area (Å²) in [5, 5.41) is 4.44. The molecule has 5 nitrogen and oxygen atoms in total. The first-order valence-corrected chi connectivity index (χ1v) is 7.41. The van der Waals surface area contributed by atoms with Gasteiger partial charge in [-0.25, -0.2) is 0 Å². The summed E-state index contributed by atoms with van der Waals surface area (Å²) in [7, 11) is 1.94. The Morgan fingerprint density at radius 2 is 2.24 bits per heavy atom. The number of ether oxygens (including phenoxy) is 1. The third-order valence-electron chi connectivity index (χ3n) is 4.02. The Labute approximate surface area is 127 Å². The fraction of sp³-hybridized carbons (Fsp3) is 0.333. The number of nitrogens with zero attached hydrogens (tertiary/aromatic N) is 3. The number of H-pyrrole nitrogens is 1. The highest BCUT2D eigenvalue weighted by Gasteiger charge is 2.24. The fourth-order valence-electron chi connectivity index (χ4n) is 3.10. The molecule has 0 saturated carbocycles. The van der Waals surface area contributed by atoms with Crippen molar-refractivity contribution in [3.63, 3.8) is 0 Å². The molecule has 1 atom stereocenters. The molecule has 21 heavy (non-hydrogen) atoms. The number of aromatic amines is 1. The number of benzene rings is 1. The molecule has 2 aromatic heterocycles. The molecule has 0 fully saturated rings. The van der Waals surface area contributed by atoms with Crippen molar-refractivity contribution in [1.29, 1.82) is 0 Å². The third-order valence-corrected chi connectivity index (χ3v) is 4.35. The minimum absolute atomic E-state index is 0.114. The second kappa shape index (κ2) is 4.46. The molecule has 108 valence electrons. The Bertz CT molecular complexity index is 864. The summed E-state index contributed by atoms with van der Waals surface area (Å²) in [4.78, 5) is 3.25. The number of imidazole rings is 1. The van der Waals surface area contributed by atoms with Gasteiger partial charge in [0.25, 0.3) is 0 Å². The van der Waals surface area contributed by atoms with E-state index in [0.717, 1.165) is 40.3 Å². The Morgan fingerprint density at radius 1 is 1.43 bits per heavy atom. The predicted octanol–water partition coefficient (Wildman–Crippen LogP) is 2.74. The molecule has 3 aromatic rings. The van der Waals surface area contributed by atoms with Crippen LogP contribution < -0.4 is 4.74 Å². The average Bonchev–Trinajstić information content (AvgIpc) is 3.07. The number of rotatable bonds is 2. The summed E-state index contributed by atoms with van der Waals surface area (Å²) in [5.41, 5.74) is 4.27. The zero-order valence-corrected chi connectivity index (χ0v) is 12.8. The normalized spacial score (nSPS) is 17.1. The number of nitrogens with one attached hydrogen (secondary N) is 1. The molecule has 0 amide bonds. The van der Waals surface area contributed by atoms with Crippen molar-refractivity contribution in [2.24, 2.45) is 7.05 Å². The van der Waals surface area contributed by atoms with Crippen molar-refractivity contribution < 1.29 is 4.74 Å². The molecule has 1 N–H and O–H groups in total. The van der Waals surface area contributed by atoms with Crippen LogP contribution in [0.25, 0.3) is 11.2 Å². The minimum atomic E-state index is 0.114. The van der Waals surface area contributed by atoms with E-state index in [1.807, 2.05) is 30.8 Å². The van der Waals surface area contributed by atoms with Crippen LogP contribution in [0, 0.1) is 11.7 Å². The number of para-hydroxylation sites is 1. The maximum atomic E-state index is 6.02. The SMILES string of the molecule is Cc1nn(C)c2c1[nH]c(=S)n2CC1Cc2ccccc2O1. The van der Waals surface area contributed by atoms with Crippen molar-refractivity contribution in [3.05, 3.63) is 40.3 Å². The van der Waals surface area contributed by atoms with Crippen molar-refractivity contribution in [3.8, 4) is 5.75 Å². The van der Waals surface area contributed by atoms with Crippen LogP contribution in [0.1, 0.15) is 11.3 Å². The molecule has 1 aromatic carbocycles. The predicted molar refractivity (Wildman–Crippen MR) is 83.2 cm³/mol.